The number of aromatic nitrogens is 4. The maximum atomic E-state index is 12.2. The third-order valence-electron chi connectivity index (χ3n) is 12.6. The van der Waals surface area contributed by atoms with Gasteiger partial charge in [0.2, 0.25) is 6.29 Å². The summed E-state index contributed by atoms with van der Waals surface area (Å²) < 4.78 is 23.2. The van der Waals surface area contributed by atoms with Gasteiger partial charge in [-0.05, 0) is 172 Å². The number of carbonyl (C=O) groups excluding carboxylic acids is 1. The SMILES string of the molecule is CC(C)Oc1ccncc1B(O)O.CC(C)Oc1ccncc1C(C(=O)O)N1CC[C@@H](OCCCCc2ccc3c(n2)CCCC3)C1.O=CC(=O)O.c1cc2c(nc1CCCCO[C@@H]1CCNC1)CCCC2. The van der Waals surface area contributed by atoms with E-state index in [0.29, 0.717) is 42.9 Å². The van der Waals surface area contributed by atoms with E-state index in [0.717, 1.165) is 64.6 Å². The molecule has 18 heteroatoms. The van der Waals surface area contributed by atoms with Crippen LogP contribution in [-0.4, -0.2) is 134 Å². The Hall–Kier alpha value is -5.37. The van der Waals surface area contributed by atoms with Crippen LogP contribution >= 0.6 is 0 Å². The fourth-order valence-corrected chi connectivity index (χ4v) is 9.14. The Bertz CT molecular complexity index is 2260. The summed E-state index contributed by atoms with van der Waals surface area (Å²) in [5.41, 5.74) is 8.92. The van der Waals surface area contributed by atoms with Crippen molar-refractivity contribution in [1.82, 2.24) is 30.2 Å². The minimum absolute atomic E-state index is 0.0000926. The van der Waals surface area contributed by atoms with E-state index in [1.54, 1.807) is 30.7 Å². The van der Waals surface area contributed by atoms with Crippen molar-refractivity contribution in [2.75, 3.05) is 39.4 Å². The molecule has 3 atom stereocenters. The molecule has 4 aromatic heterocycles. The first-order valence-electron chi connectivity index (χ1n) is 25.9. The Balaban J connectivity index is 0.000000212. The van der Waals surface area contributed by atoms with E-state index in [9.17, 15) is 9.90 Å². The molecule has 1 unspecified atom stereocenters. The largest absolute Gasteiger partial charge is 0.493 e. The van der Waals surface area contributed by atoms with E-state index in [2.05, 4.69) is 39.6 Å². The van der Waals surface area contributed by atoms with Gasteiger partial charge in [-0.15, -0.1) is 0 Å². The lowest BCUT2D eigenvalue weighted by Crippen LogP contribution is -2.34. The lowest BCUT2D eigenvalue weighted by Gasteiger charge is -2.26. The van der Waals surface area contributed by atoms with Crippen LogP contribution in [0.2, 0.25) is 0 Å². The fraction of sp³-hybridized carbons (Fsp3) is 0.574. The van der Waals surface area contributed by atoms with Crippen molar-refractivity contribution in [2.24, 2.45) is 0 Å². The highest BCUT2D eigenvalue weighted by Crippen LogP contribution is 2.33. The topological polar surface area (TPSA) is 236 Å². The van der Waals surface area contributed by atoms with Gasteiger partial charge in [-0.1, -0.05) is 12.1 Å². The maximum Gasteiger partial charge on any atom is 0.493 e. The van der Waals surface area contributed by atoms with Gasteiger partial charge in [0.1, 0.15) is 17.5 Å². The number of aryl methyl sites for hydroxylation is 6. The van der Waals surface area contributed by atoms with Crippen LogP contribution in [0.1, 0.15) is 137 Å². The second kappa shape index (κ2) is 31.3. The normalized spacial score (nSPS) is 17.4. The molecule has 0 spiro atoms. The molecule has 4 aliphatic rings. The number of rotatable bonds is 21. The van der Waals surface area contributed by atoms with Gasteiger partial charge in [0.05, 0.1) is 24.4 Å². The summed E-state index contributed by atoms with van der Waals surface area (Å²) >= 11 is 0. The van der Waals surface area contributed by atoms with Gasteiger partial charge in [0.25, 0.3) is 0 Å². The molecule has 72 heavy (non-hydrogen) atoms. The number of aliphatic carboxylic acids is 2. The molecule has 0 saturated carbocycles. The number of carboxylic acid groups (broad SMARTS) is 2. The highest BCUT2D eigenvalue weighted by Gasteiger charge is 2.36. The van der Waals surface area contributed by atoms with Crippen molar-refractivity contribution >= 4 is 30.8 Å². The van der Waals surface area contributed by atoms with Crippen LogP contribution in [0.3, 0.4) is 0 Å². The number of unbranched alkanes of at least 4 members (excludes halogenated alkanes) is 2. The second-order valence-corrected chi connectivity index (χ2v) is 19.1. The van der Waals surface area contributed by atoms with E-state index in [1.165, 1.54) is 97.9 Å². The molecule has 17 nitrogen and oxygen atoms in total. The Labute approximate surface area is 425 Å². The summed E-state index contributed by atoms with van der Waals surface area (Å²) in [6.07, 6.45) is 24.8. The number of pyridine rings is 4. The summed E-state index contributed by atoms with van der Waals surface area (Å²) in [4.78, 5) is 49.7. The second-order valence-electron chi connectivity index (χ2n) is 19.1. The molecule has 6 heterocycles. The number of carboxylic acids is 2. The van der Waals surface area contributed by atoms with Crippen LogP contribution in [0.25, 0.3) is 0 Å². The Morgan fingerprint density at radius 3 is 1.81 bits per heavy atom. The predicted octanol–water partition coefficient (Wildman–Crippen LogP) is 5.86. The highest BCUT2D eigenvalue weighted by atomic mass is 16.5. The zero-order chi connectivity index (χ0) is 51.7. The van der Waals surface area contributed by atoms with Crippen LogP contribution in [0.4, 0.5) is 0 Å². The summed E-state index contributed by atoms with van der Waals surface area (Å²) in [6.45, 7) is 12.6. The number of aldehydes is 1. The zero-order valence-electron chi connectivity index (χ0n) is 42.8. The van der Waals surface area contributed by atoms with E-state index in [4.69, 9.17) is 53.7 Å². The van der Waals surface area contributed by atoms with Crippen molar-refractivity contribution in [1.29, 1.82) is 0 Å². The number of nitrogens with zero attached hydrogens (tertiary/aromatic N) is 5. The van der Waals surface area contributed by atoms with Crippen molar-refractivity contribution in [3.05, 3.63) is 101 Å². The monoisotopic (exact) mass is 997 g/mol. The number of ether oxygens (including phenoxy) is 4. The van der Waals surface area contributed by atoms with E-state index in [-0.39, 0.29) is 30.1 Å². The van der Waals surface area contributed by atoms with Gasteiger partial charge in [-0.3, -0.25) is 34.4 Å². The average molecular weight is 997 g/mol. The Kier molecular flexibility index (Phi) is 25.0. The summed E-state index contributed by atoms with van der Waals surface area (Å²) in [5, 5.41) is 38.6. The van der Waals surface area contributed by atoms with E-state index in [1.807, 2.05) is 32.6 Å². The van der Waals surface area contributed by atoms with Crippen LogP contribution in [-0.2, 0) is 62.4 Å². The van der Waals surface area contributed by atoms with E-state index >= 15 is 0 Å². The van der Waals surface area contributed by atoms with Gasteiger partial charge in [0.15, 0.2) is 0 Å². The van der Waals surface area contributed by atoms with Gasteiger partial charge >= 0.3 is 19.1 Å². The van der Waals surface area contributed by atoms with Crippen LogP contribution in [0, 0.1) is 0 Å². The van der Waals surface area contributed by atoms with Gasteiger partial charge < -0.3 is 44.5 Å². The molecule has 0 radical (unpaired) electrons. The zero-order valence-corrected chi connectivity index (χ0v) is 42.8. The summed E-state index contributed by atoms with van der Waals surface area (Å²) in [7, 11) is -1.54. The predicted molar refractivity (Wildman–Crippen MR) is 275 cm³/mol. The van der Waals surface area contributed by atoms with E-state index < -0.39 is 25.1 Å². The molecule has 5 N–H and O–H groups in total. The molecule has 0 aromatic carbocycles. The third-order valence-corrected chi connectivity index (χ3v) is 12.6. The van der Waals surface area contributed by atoms with Gasteiger partial charge in [-0.25, -0.2) is 4.79 Å². The molecular formula is C54H77BN6O11. The molecule has 4 aromatic rings. The molecular weight excluding hydrogens is 919 g/mol. The van der Waals surface area contributed by atoms with Crippen molar-refractivity contribution in [3.8, 4) is 11.5 Å². The quantitative estimate of drug-likeness (QED) is 0.0284. The molecule has 0 bridgehead atoms. The molecule has 0 amide bonds. The lowest BCUT2D eigenvalue weighted by molar-refractivity contribution is -0.143. The smallest absolute Gasteiger partial charge is 0.491 e. The number of hydrogen-bond donors (Lipinski definition) is 5. The number of fused-ring (bicyclic) bond motifs is 2. The lowest BCUT2D eigenvalue weighted by atomic mass is 9.81. The number of nitrogens with one attached hydrogen (secondary N) is 1. The molecule has 2 aliphatic heterocycles. The third kappa shape index (κ3) is 19.9. The first kappa shape index (κ1) is 57.5. The minimum atomic E-state index is -1.54. The maximum absolute atomic E-state index is 12.2. The molecule has 2 saturated heterocycles. The van der Waals surface area contributed by atoms with Gasteiger partial charge in [-0.2, -0.15) is 0 Å². The first-order valence-corrected chi connectivity index (χ1v) is 25.9. The van der Waals surface area contributed by atoms with Crippen LogP contribution in [0.15, 0.2) is 61.2 Å². The van der Waals surface area contributed by atoms with Crippen LogP contribution < -0.4 is 20.3 Å². The number of hydrogen-bond acceptors (Lipinski definition) is 15. The molecule has 392 valence electrons. The minimum Gasteiger partial charge on any atom is -0.491 e. The Morgan fingerprint density at radius 2 is 1.28 bits per heavy atom. The van der Waals surface area contributed by atoms with Crippen LogP contribution in [0.5, 0.6) is 11.5 Å². The fourth-order valence-electron chi connectivity index (χ4n) is 9.14. The molecule has 8 rings (SSSR count). The molecule has 2 aliphatic carbocycles. The Morgan fingerprint density at radius 1 is 0.736 bits per heavy atom. The van der Waals surface area contributed by atoms with Crippen molar-refractivity contribution < 1.29 is 53.6 Å². The highest BCUT2D eigenvalue weighted by molar-refractivity contribution is 6.59. The van der Waals surface area contributed by atoms with Crippen molar-refractivity contribution in [2.45, 2.75) is 161 Å². The number of carbonyl (C=O) groups is 3. The summed E-state index contributed by atoms with van der Waals surface area (Å²) in [5.74, 6) is -1.28. The van der Waals surface area contributed by atoms with Gasteiger partial charge in [0, 0.05) is 91.4 Å². The molecule has 2 fully saturated rings. The summed E-state index contributed by atoms with van der Waals surface area (Å²) in [6, 6.07) is 11.5. The average Bonchev–Trinajstić information content (AvgIpc) is 4.07. The number of likely N-dealkylation sites (tertiary alicyclic amines) is 1. The standard InChI is InChI=1S/C27H37N3O4.C17H26N2O.C8H12BNO3.C2H2O3/c1-19(2)34-25-12-14-28-17-23(25)26(27(31)32)30-15-13-22(18-30)33-16-6-5-8-21-11-10-20-7-3-4-9-24(20)29-21;1-2-7-17-14(5-1)8-9-15(19-17)6-3-4-12-20-16-10-11-18-13-16;1-6(2)13-8-3-4-10-5-7(8)9(11)12;3-1-2(4)5/h10-12,14,17,19,22,26H,3-9,13,15-16,18H2,1-2H3,(H,31,32);8-9,16,18H,1-7,10-13H2;3-6,11-12H,1-2H3;1H,(H,4,5)/t22-,26?;16-;;/m11../s1. The first-order chi connectivity index (χ1) is 34.8. The van der Waals surface area contributed by atoms with Crippen molar-refractivity contribution in [3.63, 3.8) is 0 Å².